The van der Waals surface area contributed by atoms with Crippen molar-refractivity contribution in [3.8, 4) is 5.75 Å². The Labute approximate surface area is 129 Å². The van der Waals surface area contributed by atoms with E-state index >= 15 is 0 Å². The molecule has 0 radical (unpaired) electrons. The van der Waals surface area contributed by atoms with Gasteiger partial charge in [0.05, 0.1) is 17.5 Å². The van der Waals surface area contributed by atoms with Gasteiger partial charge in [-0.05, 0) is 60.8 Å². The summed E-state index contributed by atoms with van der Waals surface area (Å²) in [6.45, 7) is 6.22. The molecule has 0 saturated carbocycles. The third-order valence-electron chi connectivity index (χ3n) is 2.59. The molecular formula is C15H23BrN2O2. The highest BCUT2D eigenvalue weighted by Crippen LogP contribution is 2.26. The van der Waals surface area contributed by atoms with Crippen molar-refractivity contribution in [2.24, 2.45) is 5.73 Å². The van der Waals surface area contributed by atoms with E-state index in [0.29, 0.717) is 13.0 Å². The number of benzene rings is 1. The van der Waals surface area contributed by atoms with E-state index in [1.165, 1.54) is 0 Å². The average molecular weight is 343 g/mol. The summed E-state index contributed by atoms with van der Waals surface area (Å²) in [5, 5.41) is 2.83. The summed E-state index contributed by atoms with van der Waals surface area (Å²) in [5.41, 5.74) is 6.94. The van der Waals surface area contributed by atoms with E-state index < -0.39 is 0 Å². The molecule has 1 atom stereocenters. The molecule has 3 N–H and O–H groups in total. The Morgan fingerprint density at radius 2 is 2.10 bits per heavy atom. The monoisotopic (exact) mass is 342 g/mol. The summed E-state index contributed by atoms with van der Waals surface area (Å²) < 4.78 is 6.50. The van der Waals surface area contributed by atoms with E-state index in [1.54, 1.807) is 0 Å². The van der Waals surface area contributed by atoms with E-state index in [0.717, 1.165) is 22.2 Å². The number of amides is 1. The van der Waals surface area contributed by atoms with Gasteiger partial charge in [0.2, 0.25) is 5.91 Å². The zero-order valence-corrected chi connectivity index (χ0v) is 13.9. The molecule has 4 nitrogen and oxygen atoms in total. The standard InChI is InChI=1S/C15H23BrN2O2/c1-10(2)18-15(19)6-7-20-14-5-4-12(8-11(3)17)9-13(14)16/h4-5,9-11H,6-8,17H2,1-3H3,(H,18,19). The van der Waals surface area contributed by atoms with E-state index in [4.69, 9.17) is 10.5 Å². The number of carbonyl (C=O) groups is 1. The van der Waals surface area contributed by atoms with Crippen LogP contribution < -0.4 is 15.8 Å². The Bertz CT molecular complexity index is 447. The molecule has 0 aliphatic rings. The molecule has 0 aliphatic heterocycles. The van der Waals surface area contributed by atoms with Gasteiger partial charge < -0.3 is 15.8 Å². The van der Waals surface area contributed by atoms with Gasteiger partial charge in [0.1, 0.15) is 5.75 Å². The first-order valence-electron chi connectivity index (χ1n) is 6.84. The molecule has 0 fully saturated rings. The van der Waals surface area contributed by atoms with Crippen LogP contribution in [-0.4, -0.2) is 24.6 Å². The van der Waals surface area contributed by atoms with Crippen molar-refractivity contribution >= 4 is 21.8 Å². The summed E-state index contributed by atoms with van der Waals surface area (Å²) in [4.78, 5) is 11.5. The number of nitrogens with one attached hydrogen (secondary N) is 1. The average Bonchev–Trinajstić information content (AvgIpc) is 2.30. The molecule has 0 spiro atoms. The fourth-order valence-electron chi connectivity index (χ4n) is 1.81. The van der Waals surface area contributed by atoms with Crippen molar-refractivity contribution < 1.29 is 9.53 Å². The van der Waals surface area contributed by atoms with Gasteiger partial charge in [0.25, 0.3) is 0 Å². The molecule has 112 valence electrons. The first-order chi connectivity index (χ1) is 9.38. The lowest BCUT2D eigenvalue weighted by Crippen LogP contribution is -2.31. The molecular weight excluding hydrogens is 320 g/mol. The maximum absolute atomic E-state index is 11.5. The quantitative estimate of drug-likeness (QED) is 0.800. The molecule has 0 bridgehead atoms. The van der Waals surface area contributed by atoms with Gasteiger partial charge in [0, 0.05) is 12.1 Å². The second-order valence-electron chi connectivity index (χ2n) is 5.27. The van der Waals surface area contributed by atoms with Crippen LogP contribution in [0, 0.1) is 0 Å². The van der Waals surface area contributed by atoms with Crippen molar-refractivity contribution in [3.05, 3.63) is 28.2 Å². The molecule has 20 heavy (non-hydrogen) atoms. The number of carbonyl (C=O) groups excluding carboxylic acids is 1. The predicted octanol–water partition coefficient (Wildman–Crippen LogP) is 2.63. The van der Waals surface area contributed by atoms with Crippen LogP contribution in [-0.2, 0) is 11.2 Å². The largest absolute Gasteiger partial charge is 0.492 e. The van der Waals surface area contributed by atoms with Crippen LogP contribution in [0.15, 0.2) is 22.7 Å². The molecule has 1 unspecified atom stereocenters. The van der Waals surface area contributed by atoms with Crippen LogP contribution in [0.3, 0.4) is 0 Å². The smallest absolute Gasteiger partial charge is 0.223 e. The number of nitrogens with two attached hydrogens (primary N) is 1. The molecule has 1 rings (SSSR count). The summed E-state index contributed by atoms with van der Waals surface area (Å²) in [5.74, 6) is 0.750. The van der Waals surface area contributed by atoms with Crippen LogP contribution in [0.5, 0.6) is 5.75 Å². The lowest BCUT2D eigenvalue weighted by Gasteiger charge is -2.12. The number of rotatable bonds is 7. The molecule has 0 saturated heterocycles. The zero-order chi connectivity index (χ0) is 15.1. The van der Waals surface area contributed by atoms with E-state index in [2.05, 4.69) is 21.2 Å². The lowest BCUT2D eigenvalue weighted by atomic mass is 10.1. The van der Waals surface area contributed by atoms with E-state index in [1.807, 2.05) is 39.0 Å². The third kappa shape index (κ3) is 6.39. The molecule has 0 aliphatic carbocycles. The van der Waals surface area contributed by atoms with Gasteiger partial charge >= 0.3 is 0 Å². The van der Waals surface area contributed by atoms with Crippen molar-refractivity contribution in [2.45, 2.75) is 45.7 Å². The van der Waals surface area contributed by atoms with Gasteiger partial charge in [-0.1, -0.05) is 6.07 Å². The first-order valence-corrected chi connectivity index (χ1v) is 7.64. The van der Waals surface area contributed by atoms with Gasteiger partial charge in [-0.25, -0.2) is 0 Å². The molecule has 1 aromatic carbocycles. The Balaban J connectivity index is 2.46. The maximum Gasteiger partial charge on any atom is 0.223 e. The molecule has 1 amide bonds. The van der Waals surface area contributed by atoms with Gasteiger partial charge in [-0.2, -0.15) is 0 Å². The van der Waals surface area contributed by atoms with Crippen molar-refractivity contribution in [1.29, 1.82) is 0 Å². The molecule has 0 heterocycles. The van der Waals surface area contributed by atoms with Crippen molar-refractivity contribution in [1.82, 2.24) is 5.32 Å². The molecule has 5 heteroatoms. The fourth-order valence-corrected chi connectivity index (χ4v) is 2.35. The second kappa shape index (κ2) is 8.27. The van der Waals surface area contributed by atoms with Crippen LogP contribution in [0.4, 0.5) is 0 Å². The van der Waals surface area contributed by atoms with Crippen molar-refractivity contribution in [3.63, 3.8) is 0 Å². The highest BCUT2D eigenvalue weighted by Gasteiger charge is 2.07. The minimum absolute atomic E-state index is 0.00435. The van der Waals surface area contributed by atoms with Crippen LogP contribution in [0.1, 0.15) is 32.8 Å². The first kappa shape index (κ1) is 17.0. The zero-order valence-electron chi connectivity index (χ0n) is 12.3. The highest BCUT2D eigenvalue weighted by molar-refractivity contribution is 9.10. The lowest BCUT2D eigenvalue weighted by molar-refractivity contribution is -0.122. The molecule has 1 aromatic rings. The topological polar surface area (TPSA) is 64.3 Å². The minimum atomic E-state index is 0.00435. The fraction of sp³-hybridized carbons (Fsp3) is 0.533. The summed E-state index contributed by atoms with van der Waals surface area (Å²) >= 11 is 3.48. The van der Waals surface area contributed by atoms with Crippen LogP contribution in [0.25, 0.3) is 0 Å². The van der Waals surface area contributed by atoms with Crippen molar-refractivity contribution in [2.75, 3.05) is 6.61 Å². The van der Waals surface area contributed by atoms with E-state index in [9.17, 15) is 4.79 Å². The SMILES string of the molecule is CC(N)Cc1ccc(OCCC(=O)NC(C)C)c(Br)c1. The van der Waals surface area contributed by atoms with Gasteiger partial charge in [-0.3, -0.25) is 4.79 Å². The Morgan fingerprint density at radius 1 is 1.40 bits per heavy atom. The predicted molar refractivity (Wildman–Crippen MR) is 84.9 cm³/mol. The number of halogens is 1. The number of hydrogen-bond donors (Lipinski definition) is 2. The van der Waals surface area contributed by atoms with Crippen LogP contribution in [0.2, 0.25) is 0 Å². The summed E-state index contributed by atoms with van der Waals surface area (Å²) in [6.07, 6.45) is 1.18. The minimum Gasteiger partial charge on any atom is -0.492 e. The maximum atomic E-state index is 11.5. The Hall–Kier alpha value is -1.07. The van der Waals surface area contributed by atoms with E-state index in [-0.39, 0.29) is 18.0 Å². The highest BCUT2D eigenvalue weighted by atomic mass is 79.9. The second-order valence-corrected chi connectivity index (χ2v) is 6.12. The number of ether oxygens (including phenoxy) is 1. The number of hydrogen-bond acceptors (Lipinski definition) is 3. The third-order valence-corrected chi connectivity index (χ3v) is 3.21. The summed E-state index contributed by atoms with van der Waals surface area (Å²) in [7, 11) is 0. The molecule has 0 aromatic heterocycles. The van der Waals surface area contributed by atoms with Gasteiger partial charge in [0.15, 0.2) is 0 Å². The summed E-state index contributed by atoms with van der Waals surface area (Å²) in [6, 6.07) is 6.20. The normalized spacial score (nSPS) is 12.3. The van der Waals surface area contributed by atoms with Gasteiger partial charge in [-0.15, -0.1) is 0 Å². The Kier molecular flexibility index (Phi) is 7.02. The van der Waals surface area contributed by atoms with Crippen LogP contribution >= 0.6 is 15.9 Å². The Morgan fingerprint density at radius 3 is 2.65 bits per heavy atom.